The van der Waals surface area contributed by atoms with E-state index in [0.717, 1.165) is 25.1 Å². The fourth-order valence-electron chi connectivity index (χ4n) is 4.77. The molecule has 5 N–H and O–H groups in total. The number of amides is 2. The van der Waals surface area contributed by atoms with Crippen molar-refractivity contribution >= 4 is 40.8 Å². The second-order valence-corrected chi connectivity index (χ2v) is 10.1. The summed E-state index contributed by atoms with van der Waals surface area (Å²) >= 11 is 0. The standard InChI is InChI=1S/C30H30F4N8O2/c1-17-24(15-22-21-13-19(31)7-8-23(21)42-27(22)43)40-18(2)26(17)28(44)37-10-5-3-4-6-11-38-29(39-16-35)41-20-9-12-36-25(14-20)30(32,33)34/h7-9,12-15,40H,3-6,10-11H2,1-2H3,(H,37,44)(H,42,43)(H2,36,38,39,41)/b22-15-. The van der Waals surface area contributed by atoms with Crippen LogP contribution in [0.1, 0.15) is 64.2 Å². The Morgan fingerprint density at radius 1 is 1.09 bits per heavy atom. The molecular formula is C30H30F4N8O2. The minimum absolute atomic E-state index is 0.0243. The smallest absolute Gasteiger partial charge is 0.358 e. The van der Waals surface area contributed by atoms with E-state index in [9.17, 15) is 27.2 Å². The fraction of sp³-hybridized carbons (Fsp3) is 0.300. The second-order valence-electron chi connectivity index (χ2n) is 10.1. The van der Waals surface area contributed by atoms with E-state index in [-0.39, 0.29) is 23.5 Å². The Labute approximate surface area is 250 Å². The van der Waals surface area contributed by atoms with Crippen LogP contribution in [0.4, 0.5) is 28.9 Å². The van der Waals surface area contributed by atoms with E-state index in [0.29, 0.717) is 65.3 Å². The summed E-state index contributed by atoms with van der Waals surface area (Å²) in [5.41, 5.74) is 2.69. The summed E-state index contributed by atoms with van der Waals surface area (Å²) in [7, 11) is 0. The molecule has 2 amide bonds. The first-order chi connectivity index (χ1) is 21.0. The first kappa shape index (κ1) is 31.7. The molecule has 3 heterocycles. The van der Waals surface area contributed by atoms with Crippen LogP contribution in [0.5, 0.6) is 0 Å². The van der Waals surface area contributed by atoms with Gasteiger partial charge in [0.2, 0.25) is 12.2 Å². The van der Waals surface area contributed by atoms with Crippen LogP contribution in [-0.2, 0) is 11.0 Å². The molecule has 0 atom stereocenters. The van der Waals surface area contributed by atoms with E-state index in [1.54, 1.807) is 26.1 Å². The molecule has 4 rings (SSSR count). The zero-order valence-electron chi connectivity index (χ0n) is 24.0. The van der Waals surface area contributed by atoms with Gasteiger partial charge in [0, 0.05) is 47.6 Å². The Balaban J connectivity index is 1.21. The summed E-state index contributed by atoms with van der Waals surface area (Å²) in [4.78, 5) is 35.4. The number of nitrogens with zero attached hydrogens (tertiary/aromatic N) is 3. The fourth-order valence-corrected chi connectivity index (χ4v) is 4.77. The number of halogens is 4. The molecule has 0 saturated carbocycles. The molecule has 230 valence electrons. The normalized spacial score (nSPS) is 13.8. The van der Waals surface area contributed by atoms with E-state index < -0.39 is 17.7 Å². The average Bonchev–Trinajstić information content (AvgIpc) is 3.43. The Hall–Kier alpha value is -5.19. The summed E-state index contributed by atoms with van der Waals surface area (Å²) in [5.74, 6) is -1.03. The molecule has 0 fully saturated rings. The number of H-pyrrole nitrogens is 1. The Bertz CT molecular complexity index is 1650. The van der Waals surface area contributed by atoms with Crippen molar-refractivity contribution in [3.63, 3.8) is 0 Å². The molecule has 0 unspecified atom stereocenters. The monoisotopic (exact) mass is 610 g/mol. The zero-order chi connectivity index (χ0) is 31.9. The van der Waals surface area contributed by atoms with Gasteiger partial charge in [0.25, 0.3) is 11.8 Å². The van der Waals surface area contributed by atoms with Gasteiger partial charge in [0.15, 0.2) is 0 Å². The van der Waals surface area contributed by atoms with Crippen LogP contribution < -0.4 is 21.3 Å². The summed E-state index contributed by atoms with van der Waals surface area (Å²) in [6.45, 7) is 4.40. The molecule has 1 aromatic carbocycles. The van der Waals surface area contributed by atoms with Gasteiger partial charge < -0.3 is 26.3 Å². The van der Waals surface area contributed by atoms with Crippen LogP contribution in [0.3, 0.4) is 0 Å². The number of guanidine groups is 1. The highest BCUT2D eigenvalue weighted by Crippen LogP contribution is 2.34. The molecule has 1 aliphatic heterocycles. The van der Waals surface area contributed by atoms with Crippen molar-refractivity contribution in [3.8, 4) is 6.19 Å². The van der Waals surface area contributed by atoms with E-state index in [2.05, 4.69) is 36.2 Å². The summed E-state index contributed by atoms with van der Waals surface area (Å²) in [6.07, 6.45) is 2.64. The number of aliphatic imine (C=N–C) groups is 1. The summed E-state index contributed by atoms with van der Waals surface area (Å²) in [6, 6.07) is 6.24. The maximum absolute atomic E-state index is 13.8. The van der Waals surface area contributed by atoms with Crippen molar-refractivity contribution in [1.82, 2.24) is 20.6 Å². The lowest BCUT2D eigenvalue weighted by atomic mass is 10.0. The third-order valence-electron chi connectivity index (χ3n) is 6.91. The number of hydrogen-bond acceptors (Lipinski definition) is 5. The minimum atomic E-state index is -4.60. The third kappa shape index (κ3) is 7.80. The molecule has 2 aromatic heterocycles. The highest BCUT2D eigenvalue weighted by Gasteiger charge is 2.32. The van der Waals surface area contributed by atoms with Gasteiger partial charge in [-0.3, -0.25) is 14.6 Å². The van der Waals surface area contributed by atoms with Crippen molar-refractivity contribution in [2.75, 3.05) is 23.7 Å². The number of nitriles is 1. The number of aromatic nitrogens is 2. The van der Waals surface area contributed by atoms with Gasteiger partial charge in [0.1, 0.15) is 11.5 Å². The highest BCUT2D eigenvalue weighted by molar-refractivity contribution is 6.34. The molecule has 0 saturated heterocycles. The zero-order valence-corrected chi connectivity index (χ0v) is 24.0. The van der Waals surface area contributed by atoms with Crippen LogP contribution in [-0.4, -0.2) is 40.8 Å². The first-order valence-corrected chi connectivity index (χ1v) is 13.8. The molecule has 0 spiro atoms. The lowest BCUT2D eigenvalue weighted by molar-refractivity contribution is -0.141. The molecule has 0 bridgehead atoms. The van der Waals surface area contributed by atoms with Crippen molar-refractivity contribution in [2.24, 2.45) is 4.99 Å². The topological polar surface area (TPSA) is 147 Å². The number of alkyl halides is 3. The van der Waals surface area contributed by atoms with Gasteiger partial charge in [-0.15, -0.1) is 4.99 Å². The number of hydrogen-bond donors (Lipinski definition) is 5. The Morgan fingerprint density at radius 2 is 1.82 bits per heavy atom. The number of unbranched alkanes of at least 4 members (excludes halogenated alkanes) is 3. The second kappa shape index (κ2) is 13.9. The molecule has 3 aromatic rings. The number of rotatable bonds is 10. The maximum Gasteiger partial charge on any atom is 0.433 e. The van der Waals surface area contributed by atoms with Gasteiger partial charge in [-0.25, -0.2) is 4.39 Å². The lowest BCUT2D eigenvalue weighted by Gasteiger charge is -2.12. The van der Waals surface area contributed by atoms with Crippen molar-refractivity contribution < 1.29 is 27.2 Å². The molecule has 1 aliphatic rings. The van der Waals surface area contributed by atoms with Crippen LogP contribution in [0.2, 0.25) is 0 Å². The first-order valence-electron chi connectivity index (χ1n) is 13.8. The van der Waals surface area contributed by atoms with Crippen LogP contribution in [0, 0.1) is 31.1 Å². The number of nitrogens with one attached hydrogen (secondary N) is 5. The number of pyridine rings is 1. The van der Waals surface area contributed by atoms with Gasteiger partial charge in [-0.2, -0.15) is 18.4 Å². The van der Waals surface area contributed by atoms with Gasteiger partial charge in [0.05, 0.1) is 11.1 Å². The molecule has 14 heteroatoms. The number of anilines is 2. The van der Waals surface area contributed by atoms with Crippen molar-refractivity contribution in [3.05, 3.63) is 76.1 Å². The van der Waals surface area contributed by atoms with Crippen molar-refractivity contribution in [1.29, 1.82) is 5.26 Å². The Morgan fingerprint density at radius 3 is 2.52 bits per heavy atom. The molecule has 0 aliphatic carbocycles. The number of aromatic amines is 1. The maximum atomic E-state index is 13.8. The molecule has 10 nitrogen and oxygen atoms in total. The molecule has 44 heavy (non-hydrogen) atoms. The Kier molecular flexibility index (Phi) is 9.99. The van der Waals surface area contributed by atoms with E-state index in [1.165, 1.54) is 24.3 Å². The third-order valence-corrected chi connectivity index (χ3v) is 6.91. The average molecular weight is 611 g/mol. The number of carbonyl (C=O) groups is 2. The van der Waals surface area contributed by atoms with Gasteiger partial charge >= 0.3 is 6.18 Å². The number of carbonyl (C=O) groups excluding carboxylic acids is 2. The van der Waals surface area contributed by atoms with Crippen LogP contribution in [0.15, 0.2) is 41.5 Å². The highest BCUT2D eigenvalue weighted by atomic mass is 19.4. The van der Waals surface area contributed by atoms with Gasteiger partial charge in [-0.05, 0) is 68.7 Å². The van der Waals surface area contributed by atoms with Gasteiger partial charge in [-0.1, -0.05) is 12.8 Å². The SMILES string of the molecule is Cc1[nH]c(/C=C2\C(=O)Nc3ccc(F)cc32)c(C)c1C(=O)NCCCCCCN/C(=N/C#N)Nc1ccnc(C(F)(F)F)c1. The number of benzene rings is 1. The quantitative estimate of drug-likeness (QED) is 0.0511. The molecular weight excluding hydrogens is 580 g/mol. The number of aryl methyl sites for hydroxylation is 1. The lowest BCUT2D eigenvalue weighted by Crippen LogP contribution is -2.31. The minimum Gasteiger partial charge on any atom is -0.358 e. The largest absolute Gasteiger partial charge is 0.433 e. The van der Waals surface area contributed by atoms with E-state index in [4.69, 9.17) is 5.26 Å². The molecule has 0 radical (unpaired) electrons. The number of fused-ring (bicyclic) bond motifs is 1. The summed E-state index contributed by atoms with van der Waals surface area (Å²) < 4.78 is 52.5. The van der Waals surface area contributed by atoms with Crippen LogP contribution >= 0.6 is 0 Å². The van der Waals surface area contributed by atoms with E-state index in [1.807, 2.05) is 0 Å². The van der Waals surface area contributed by atoms with E-state index >= 15 is 0 Å². The van der Waals surface area contributed by atoms with Crippen molar-refractivity contribution in [2.45, 2.75) is 45.7 Å². The predicted molar refractivity (Wildman–Crippen MR) is 158 cm³/mol. The summed E-state index contributed by atoms with van der Waals surface area (Å²) in [5, 5.41) is 20.1. The van der Waals surface area contributed by atoms with Crippen LogP contribution in [0.25, 0.3) is 11.6 Å². The predicted octanol–water partition coefficient (Wildman–Crippen LogP) is 5.51.